The highest BCUT2D eigenvalue weighted by molar-refractivity contribution is 6.30. The number of piperazine rings is 1. The lowest BCUT2D eigenvalue weighted by molar-refractivity contribution is -0.131. The minimum absolute atomic E-state index is 0.0829. The first kappa shape index (κ1) is 22.5. The van der Waals surface area contributed by atoms with Crippen LogP contribution in [0.25, 0.3) is 10.9 Å². The van der Waals surface area contributed by atoms with E-state index in [1.165, 1.54) is 6.07 Å². The zero-order valence-corrected chi connectivity index (χ0v) is 19.9. The number of aryl methyl sites for hydroxylation is 1. The summed E-state index contributed by atoms with van der Waals surface area (Å²) in [7, 11) is 2.04. The number of nitrogens with zero attached hydrogens (tertiary/aromatic N) is 3. The number of aromatic nitrogens is 1. The van der Waals surface area contributed by atoms with Crippen molar-refractivity contribution in [2.45, 2.75) is 12.3 Å². The highest BCUT2D eigenvalue weighted by atomic mass is 35.5. The number of fused-ring (bicyclic) bond motifs is 1. The first-order valence-electron chi connectivity index (χ1n) is 11.6. The Labute approximate surface area is 204 Å². The zero-order valence-electron chi connectivity index (χ0n) is 19.1. The number of anilines is 1. The highest BCUT2D eigenvalue weighted by Crippen LogP contribution is 2.35. The third kappa shape index (κ3) is 4.40. The van der Waals surface area contributed by atoms with Gasteiger partial charge in [-0.25, -0.2) is 4.39 Å². The van der Waals surface area contributed by atoms with E-state index in [2.05, 4.69) is 22.9 Å². The van der Waals surface area contributed by atoms with E-state index < -0.39 is 0 Å². The molecule has 5 rings (SSSR count). The largest absolute Gasteiger partial charge is 0.366 e. The van der Waals surface area contributed by atoms with Crippen LogP contribution in [0.5, 0.6) is 0 Å². The molecule has 1 aliphatic rings. The van der Waals surface area contributed by atoms with Gasteiger partial charge in [0.1, 0.15) is 5.82 Å². The fourth-order valence-corrected chi connectivity index (χ4v) is 5.09. The first-order chi connectivity index (χ1) is 16.5. The standard InChI is InChI=1S/C28H27ClFN3O/c1-31-19-24(22-6-2-4-8-26(22)31)23(20-10-12-21(29)13-11-20)18-28(34)33-16-14-32(15-17-33)27-9-5-3-7-25(27)30/h2-13,19,23H,14-18H2,1H3. The van der Waals surface area contributed by atoms with E-state index in [0.717, 1.165) is 22.0 Å². The quantitative estimate of drug-likeness (QED) is 0.362. The molecule has 2 heterocycles. The van der Waals surface area contributed by atoms with E-state index in [-0.39, 0.29) is 17.6 Å². The van der Waals surface area contributed by atoms with Gasteiger partial charge in [-0.05, 0) is 41.5 Å². The van der Waals surface area contributed by atoms with Gasteiger partial charge in [-0.1, -0.05) is 54.1 Å². The topological polar surface area (TPSA) is 28.5 Å². The molecule has 3 aromatic carbocycles. The summed E-state index contributed by atoms with van der Waals surface area (Å²) in [5.74, 6) is -0.192. The van der Waals surface area contributed by atoms with Gasteiger partial charge >= 0.3 is 0 Å². The molecule has 0 N–H and O–H groups in total. The minimum Gasteiger partial charge on any atom is -0.366 e. The van der Waals surface area contributed by atoms with E-state index in [1.54, 1.807) is 12.1 Å². The van der Waals surface area contributed by atoms with E-state index >= 15 is 0 Å². The van der Waals surface area contributed by atoms with Gasteiger partial charge in [-0.3, -0.25) is 4.79 Å². The van der Waals surface area contributed by atoms with Crippen molar-refractivity contribution in [3.8, 4) is 0 Å². The molecule has 1 aromatic heterocycles. The van der Waals surface area contributed by atoms with Crippen molar-refractivity contribution in [3.63, 3.8) is 0 Å². The number of halogens is 2. The van der Waals surface area contributed by atoms with Crippen LogP contribution in [-0.4, -0.2) is 41.6 Å². The lowest BCUT2D eigenvalue weighted by atomic mass is 9.87. The Morgan fingerprint density at radius 3 is 2.35 bits per heavy atom. The number of amides is 1. The summed E-state index contributed by atoms with van der Waals surface area (Å²) in [5.41, 5.74) is 3.95. The predicted molar refractivity (Wildman–Crippen MR) is 136 cm³/mol. The van der Waals surface area contributed by atoms with E-state index in [1.807, 2.05) is 59.3 Å². The maximum absolute atomic E-state index is 14.2. The summed E-state index contributed by atoms with van der Waals surface area (Å²) in [5, 5.41) is 1.83. The van der Waals surface area contributed by atoms with Gasteiger partial charge in [0.25, 0.3) is 0 Å². The molecule has 0 spiro atoms. The highest BCUT2D eigenvalue weighted by Gasteiger charge is 2.27. The SMILES string of the molecule is Cn1cc(C(CC(=O)N2CCN(c3ccccc3F)CC2)c2ccc(Cl)cc2)c2ccccc21. The molecule has 0 saturated carbocycles. The van der Waals surface area contributed by atoms with Crippen molar-refractivity contribution in [1.82, 2.24) is 9.47 Å². The fraction of sp³-hybridized carbons (Fsp3) is 0.250. The van der Waals surface area contributed by atoms with Crippen LogP contribution in [0.15, 0.2) is 79.0 Å². The van der Waals surface area contributed by atoms with Gasteiger partial charge in [0.05, 0.1) is 5.69 Å². The van der Waals surface area contributed by atoms with E-state index in [0.29, 0.717) is 43.3 Å². The maximum atomic E-state index is 14.2. The van der Waals surface area contributed by atoms with Gasteiger partial charge in [-0.2, -0.15) is 0 Å². The molecule has 4 aromatic rings. The van der Waals surface area contributed by atoms with Crippen molar-refractivity contribution in [2.24, 2.45) is 7.05 Å². The monoisotopic (exact) mass is 475 g/mol. The van der Waals surface area contributed by atoms with Gasteiger partial charge in [0, 0.05) is 67.7 Å². The molecule has 1 atom stereocenters. The average Bonchev–Trinajstić information content (AvgIpc) is 3.20. The second-order valence-electron chi connectivity index (χ2n) is 8.84. The predicted octanol–water partition coefficient (Wildman–Crippen LogP) is 5.84. The number of hydrogen-bond donors (Lipinski definition) is 0. The Kier molecular flexibility index (Phi) is 6.29. The van der Waals surface area contributed by atoms with Gasteiger partial charge in [0.15, 0.2) is 0 Å². The molecule has 1 unspecified atom stereocenters. The smallest absolute Gasteiger partial charge is 0.223 e. The first-order valence-corrected chi connectivity index (χ1v) is 12.0. The lowest BCUT2D eigenvalue weighted by Crippen LogP contribution is -2.49. The number of para-hydroxylation sites is 2. The molecule has 174 valence electrons. The molecule has 0 aliphatic carbocycles. The van der Waals surface area contributed by atoms with E-state index in [9.17, 15) is 9.18 Å². The summed E-state index contributed by atoms with van der Waals surface area (Å²) >= 11 is 6.15. The molecule has 34 heavy (non-hydrogen) atoms. The Morgan fingerprint density at radius 1 is 0.941 bits per heavy atom. The Balaban J connectivity index is 1.38. The van der Waals surface area contributed by atoms with Crippen molar-refractivity contribution in [3.05, 3.63) is 101 Å². The van der Waals surface area contributed by atoms with Crippen LogP contribution in [0, 0.1) is 5.82 Å². The summed E-state index contributed by atoms with van der Waals surface area (Å²) in [6, 6.07) is 22.9. The zero-order chi connectivity index (χ0) is 23.7. The number of rotatable bonds is 5. The molecule has 1 fully saturated rings. The van der Waals surface area contributed by atoms with Gasteiger partial charge < -0.3 is 14.4 Å². The number of hydrogen-bond acceptors (Lipinski definition) is 2. The second kappa shape index (κ2) is 9.51. The third-order valence-electron chi connectivity index (χ3n) is 6.78. The van der Waals surface area contributed by atoms with Crippen LogP contribution in [-0.2, 0) is 11.8 Å². The number of carbonyl (C=O) groups excluding carboxylic acids is 1. The van der Waals surface area contributed by atoms with Gasteiger partial charge in [-0.15, -0.1) is 0 Å². The van der Waals surface area contributed by atoms with Crippen molar-refractivity contribution in [1.29, 1.82) is 0 Å². The molecule has 0 bridgehead atoms. The molecular formula is C28H27ClFN3O. The van der Waals surface area contributed by atoms with Crippen LogP contribution in [0.4, 0.5) is 10.1 Å². The fourth-order valence-electron chi connectivity index (χ4n) is 4.96. The number of carbonyl (C=O) groups is 1. The van der Waals surface area contributed by atoms with Crippen LogP contribution in [0.2, 0.25) is 5.02 Å². The molecular weight excluding hydrogens is 449 g/mol. The van der Waals surface area contributed by atoms with Crippen LogP contribution in [0.1, 0.15) is 23.5 Å². The molecule has 1 amide bonds. The van der Waals surface area contributed by atoms with Crippen LogP contribution >= 0.6 is 11.6 Å². The maximum Gasteiger partial charge on any atom is 0.223 e. The normalized spacial score (nSPS) is 15.0. The van der Waals surface area contributed by atoms with Crippen LogP contribution < -0.4 is 4.90 Å². The second-order valence-corrected chi connectivity index (χ2v) is 9.28. The van der Waals surface area contributed by atoms with Crippen LogP contribution in [0.3, 0.4) is 0 Å². The van der Waals surface area contributed by atoms with E-state index in [4.69, 9.17) is 11.6 Å². The average molecular weight is 476 g/mol. The third-order valence-corrected chi connectivity index (χ3v) is 7.03. The number of benzene rings is 3. The molecule has 1 aliphatic heterocycles. The van der Waals surface area contributed by atoms with Crippen molar-refractivity contribution in [2.75, 3.05) is 31.1 Å². The lowest BCUT2D eigenvalue weighted by Gasteiger charge is -2.36. The summed E-state index contributed by atoms with van der Waals surface area (Å²) in [4.78, 5) is 17.4. The minimum atomic E-state index is -0.221. The Hall–Kier alpha value is -3.31. The molecule has 4 nitrogen and oxygen atoms in total. The van der Waals surface area contributed by atoms with Gasteiger partial charge in [0.2, 0.25) is 5.91 Å². The Morgan fingerprint density at radius 2 is 1.62 bits per heavy atom. The summed E-state index contributed by atoms with van der Waals surface area (Å²) in [6.07, 6.45) is 2.50. The summed E-state index contributed by atoms with van der Waals surface area (Å²) < 4.78 is 16.3. The molecule has 0 radical (unpaired) electrons. The molecule has 6 heteroatoms. The van der Waals surface area contributed by atoms with Crippen molar-refractivity contribution >= 4 is 34.1 Å². The van der Waals surface area contributed by atoms with Crippen molar-refractivity contribution < 1.29 is 9.18 Å². The Bertz CT molecular complexity index is 1310. The summed E-state index contributed by atoms with van der Waals surface area (Å²) in [6.45, 7) is 2.39. The molecule has 1 saturated heterocycles.